The zero-order valence-electron chi connectivity index (χ0n) is 13.2. The maximum atomic E-state index is 13.9. The van der Waals surface area contributed by atoms with E-state index in [1.54, 1.807) is 6.20 Å². The Bertz CT molecular complexity index is 966. The number of nitrogens with one attached hydrogen (secondary N) is 2. The second kappa shape index (κ2) is 6.72. The number of H-pyrrole nitrogens is 1. The van der Waals surface area contributed by atoms with Crippen molar-refractivity contribution in [3.05, 3.63) is 65.4 Å². The fourth-order valence-electron chi connectivity index (χ4n) is 2.56. The number of benzene rings is 2. The Balaban J connectivity index is 1.82. The minimum atomic E-state index is -1.06. The van der Waals surface area contributed by atoms with E-state index in [4.69, 9.17) is 0 Å². The van der Waals surface area contributed by atoms with E-state index < -0.39 is 29.1 Å². The number of fused-ring (bicyclic) bond motifs is 1. The van der Waals surface area contributed by atoms with Crippen molar-refractivity contribution >= 4 is 28.5 Å². The number of amides is 1. The van der Waals surface area contributed by atoms with Crippen molar-refractivity contribution in [2.24, 2.45) is 0 Å². The minimum absolute atomic E-state index is 0.00557. The Morgan fingerprint density at radius 2 is 1.92 bits per heavy atom. The lowest BCUT2D eigenvalue weighted by Crippen LogP contribution is -2.16. The lowest BCUT2D eigenvalue weighted by Gasteiger charge is -2.09. The monoisotopic (exact) mass is 344 g/mol. The Morgan fingerprint density at radius 3 is 2.68 bits per heavy atom. The molecule has 0 saturated heterocycles. The van der Waals surface area contributed by atoms with E-state index in [1.807, 2.05) is 24.3 Å². The molecule has 0 saturated carbocycles. The van der Waals surface area contributed by atoms with Crippen molar-refractivity contribution in [1.82, 2.24) is 4.98 Å². The first-order chi connectivity index (χ1) is 12.0. The van der Waals surface area contributed by atoms with Gasteiger partial charge in [-0.25, -0.2) is 13.6 Å². The molecule has 1 aromatic heterocycles. The number of anilines is 1. The van der Waals surface area contributed by atoms with Gasteiger partial charge in [-0.15, -0.1) is 0 Å². The van der Waals surface area contributed by atoms with Gasteiger partial charge in [0.2, 0.25) is 5.91 Å². The topological polar surface area (TPSA) is 71.2 Å². The lowest BCUT2D eigenvalue weighted by molar-refractivity contribution is -0.115. The molecule has 0 atom stereocenters. The van der Waals surface area contributed by atoms with E-state index in [0.717, 1.165) is 29.6 Å². The molecule has 2 aromatic carbocycles. The van der Waals surface area contributed by atoms with Crippen molar-refractivity contribution in [3.63, 3.8) is 0 Å². The molecule has 25 heavy (non-hydrogen) atoms. The first kappa shape index (κ1) is 16.6. The van der Waals surface area contributed by atoms with Crippen LogP contribution in [0.15, 0.2) is 42.6 Å². The zero-order valence-corrected chi connectivity index (χ0v) is 13.2. The summed E-state index contributed by atoms with van der Waals surface area (Å²) in [4.78, 5) is 26.7. The summed E-state index contributed by atoms with van der Waals surface area (Å²) in [5.74, 6) is -3.48. The zero-order chi connectivity index (χ0) is 18.0. The molecule has 0 radical (unpaired) electrons. The Labute approximate surface area is 141 Å². The predicted octanol–water partition coefficient (Wildman–Crippen LogP) is 3.41. The van der Waals surface area contributed by atoms with Crippen LogP contribution in [-0.4, -0.2) is 24.0 Å². The van der Waals surface area contributed by atoms with Crippen molar-refractivity contribution in [1.29, 1.82) is 0 Å². The van der Waals surface area contributed by atoms with Crippen LogP contribution >= 0.6 is 0 Å². The molecule has 5 nitrogen and oxygen atoms in total. The number of para-hydroxylation sites is 1. The van der Waals surface area contributed by atoms with Gasteiger partial charge >= 0.3 is 5.97 Å². The predicted molar refractivity (Wildman–Crippen MR) is 88.3 cm³/mol. The third-order valence-electron chi connectivity index (χ3n) is 3.76. The van der Waals surface area contributed by atoms with Crippen LogP contribution in [-0.2, 0) is 16.0 Å². The van der Waals surface area contributed by atoms with Crippen LogP contribution in [0.3, 0.4) is 0 Å². The molecule has 128 valence electrons. The molecule has 2 N–H and O–H groups in total. The summed E-state index contributed by atoms with van der Waals surface area (Å²) in [6.45, 7) is 0. The Kier molecular flexibility index (Phi) is 4.47. The van der Waals surface area contributed by atoms with Gasteiger partial charge in [-0.3, -0.25) is 4.79 Å². The van der Waals surface area contributed by atoms with Gasteiger partial charge in [-0.05, 0) is 17.7 Å². The molecule has 7 heteroatoms. The van der Waals surface area contributed by atoms with E-state index in [9.17, 15) is 18.4 Å². The second-order valence-electron chi connectivity index (χ2n) is 5.39. The van der Waals surface area contributed by atoms with E-state index in [1.165, 1.54) is 0 Å². The minimum Gasteiger partial charge on any atom is -0.465 e. The van der Waals surface area contributed by atoms with Gasteiger partial charge in [0.15, 0.2) is 0 Å². The average molecular weight is 344 g/mol. The van der Waals surface area contributed by atoms with E-state index in [0.29, 0.717) is 6.07 Å². The second-order valence-corrected chi connectivity index (χ2v) is 5.39. The summed E-state index contributed by atoms with van der Waals surface area (Å²) in [5.41, 5.74) is 0.882. The number of aromatic nitrogens is 1. The van der Waals surface area contributed by atoms with Crippen LogP contribution in [0.5, 0.6) is 0 Å². The highest BCUT2D eigenvalue weighted by atomic mass is 19.1. The van der Waals surface area contributed by atoms with Gasteiger partial charge < -0.3 is 15.0 Å². The Morgan fingerprint density at radius 1 is 1.16 bits per heavy atom. The summed E-state index contributed by atoms with van der Waals surface area (Å²) < 4.78 is 31.9. The maximum Gasteiger partial charge on any atom is 0.340 e. The number of ether oxygens (including phenoxy) is 1. The number of carbonyl (C=O) groups excluding carboxylic acids is 2. The quantitative estimate of drug-likeness (QED) is 0.713. The van der Waals surface area contributed by atoms with Crippen LogP contribution in [0.25, 0.3) is 10.9 Å². The molecule has 0 aliphatic heterocycles. The van der Waals surface area contributed by atoms with Crippen LogP contribution in [0.1, 0.15) is 15.9 Å². The molecule has 0 spiro atoms. The number of aromatic amines is 1. The molecule has 0 fully saturated rings. The van der Waals surface area contributed by atoms with Gasteiger partial charge in [0.25, 0.3) is 0 Å². The highest BCUT2D eigenvalue weighted by Crippen LogP contribution is 2.22. The van der Waals surface area contributed by atoms with Gasteiger partial charge in [0.05, 0.1) is 24.8 Å². The summed E-state index contributed by atoms with van der Waals surface area (Å²) in [6.07, 6.45) is 1.69. The van der Waals surface area contributed by atoms with Gasteiger partial charge in [0, 0.05) is 23.2 Å². The molecule has 0 aliphatic rings. The molecular weight excluding hydrogens is 330 g/mol. The third-order valence-corrected chi connectivity index (χ3v) is 3.76. The largest absolute Gasteiger partial charge is 0.465 e. The summed E-state index contributed by atoms with van der Waals surface area (Å²) in [5, 5.41) is 3.24. The van der Waals surface area contributed by atoms with E-state index >= 15 is 0 Å². The highest BCUT2D eigenvalue weighted by molar-refractivity contribution is 5.97. The summed E-state index contributed by atoms with van der Waals surface area (Å²) >= 11 is 0. The SMILES string of the molecule is COC(=O)c1cc(NC(=O)Cc2c[nH]c3ccccc23)c(F)cc1F. The number of carbonyl (C=O) groups is 2. The molecule has 1 amide bonds. The molecule has 0 bridgehead atoms. The fourth-order valence-corrected chi connectivity index (χ4v) is 2.56. The van der Waals surface area contributed by atoms with Crippen LogP contribution < -0.4 is 5.32 Å². The molecular formula is C18H14F2N2O3. The van der Waals surface area contributed by atoms with Gasteiger partial charge in [-0.1, -0.05) is 18.2 Å². The normalized spacial score (nSPS) is 10.7. The van der Waals surface area contributed by atoms with Gasteiger partial charge in [0.1, 0.15) is 11.6 Å². The maximum absolute atomic E-state index is 13.9. The van der Waals surface area contributed by atoms with E-state index in [-0.39, 0.29) is 12.1 Å². The van der Waals surface area contributed by atoms with Crippen LogP contribution in [0.2, 0.25) is 0 Å². The van der Waals surface area contributed by atoms with Crippen molar-refractivity contribution in [2.75, 3.05) is 12.4 Å². The molecule has 0 aliphatic carbocycles. The number of methoxy groups -OCH3 is 1. The van der Waals surface area contributed by atoms with E-state index in [2.05, 4.69) is 15.0 Å². The molecule has 3 aromatic rings. The molecule has 1 heterocycles. The van der Waals surface area contributed by atoms with Crippen molar-refractivity contribution in [3.8, 4) is 0 Å². The molecule has 3 rings (SSSR count). The fraction of sp³-hybridized carbons (Fsp3) is 0.111. The van der Waals surface area contributed by atoms with Crippen molar-refractivity contribution < 1.29 is 23.1 Å². The summed E-state index contributed by atoms with van der Waals surface area (Å²) in [6, 6.07) is 8.91. The average Bonchev–Trinajstić information content (AvgIpc) is 2.99. The molecule has 0 unspecified atom stereocenters. The van der Waals surface area contributed by atoms with Crippen molar-refractivity contribution in [2.45, 2.75) is 6.42 Å². The smallest absolute Gasteiger partial charge is 0.340 e. The number of rotatable bonds is 4. The number of esters is 1. The number of halogens is 2. The first-order valence-corrected chi connectivity index (χ1v) is 7.42. The lowest BCUT2D eigenvalue weighted by atomic mass is 10.1. The Hall–Kier alpha value is -3.22. The van der Waals surface area contributed by atoms with Gasteiger partial charge in [-0.2, -0.15) is 0 Å². The number of hydrogen-bond donors (Lipinski definition) is 2. The summed E-state index contributed by atoms with van der Waals surface area (Å²) in [7, 11) is 1.08. The number of hydrogen-bond acceptors (Lipinski definition) is 3. The standard InChI is InChI=1S/C18H14F2N2O3/c1-25-18(24)12-7-16(14(20)8-13(12)19)22-17(23)6-10-9-21-15-5-3-2-4-11(10)15/h2-5,7-9,21H,6H2,1H3,(H,22,23). The first-order valence-electron chi connectivity index (χ1n) is 7.42. The highest BCUT2D eigenvalue weighted by Gasteiger charge is 2.18. The van der Waals surface area contributed by atoms with Crippen LogP contribution in [0, 0.1) is 11.6 Å². The third kappa shape index (κ3) is 3.35. The van der Waals surface area contributed by atoms with Crippen LogP contribution in [0.4, 0.5) is 14.5 Å².